The van der Waals surface area contributed by atoms with Gasteiger partial charge in [0.1, 0.15) is 5.69 Å². The number of nitrogens with zero attached hydrogens (tertiary/aromatic N) is 3. The summed E-state index contributed by atoms with van der Waals surface area (Å²) in [5.74, 6) is 1.57. The van der Waals surface area contributed by atoms with E-state index in [4.69, 9.17) is 9.72 Å². The Labute approximate surface area is 187 Å². The molecule has 3 heterocycles. The van der Waals surface area contributed by atoms with E-state index in [-0.39, 0.29) is 11.9 Å². The van der Waals surface area contributed by atoms with E-state index in [1.807, 2.05) is 19.9 Å². The zero-order chi connectivity index (χ0) is 22.0. The molecule has 168 valence electrons. The number of aromatic nitrogens is 4. The van der Waals surface area contributed by atoms with E-state index in [2.05, 4.69) is 38.4 Å². The Balaban J connectivity index is 1.26. The summed E-state index contributed by atoms with van der Waals surface area (Å²) in [5.41, 5.74) is 7.59. The van der Waals surface area contributed by atoms with Crippen molar-refractivity contribution in [2.45, 2.75) is 46.1 Å². The number of amides is 1. The molecule has 2 aromatic heterocycles. The molecule has 3 N–H and O–H groups in total. The topological polar surface area (TPSA) is 98.9 Å². The molecule has 1 amide bonds. The molecule has 1 unspecified atom stereocenters. The van der Waals surface area contributed by atoms with Gasteiger partial charge < -0.3 is 15.0 Å². The SMILES string of the molecule is Cc1cc2[nH]c(-c3n[nH]c4c3C[C@@H]3C[C@]3(C)C4)nc2cc1NC(=O)C(C)N1CCOCC1. The first kappa shape index (κ1) is 19.9. The number of nitrogens with one attached hydrogen (secondary N) is 3. The van der Waals surface area contributed by atoms with Crippen molar-refractivity contribution in [1.82, 2.24) is 25.1 Å². The maximum Gasteiger partial charge on any atom is 0.241 e. The highest BCUT2D eigenvalue weighted by Gasteiger charge is 2.53. The number of hydrogen-bond donors (Lipinski definition) is 3. The fourth-order valence-electron chi connectivity index (χ4n) is 5.43. The van der Waals surface area contributed by atoms with E-state index < -0.39 is 0 Å². The van der Waals surface area contributed by atoms with Crippen molar-refractivity contribution in [2.24, 2.45) is 11.3 Å². The molecule has 1 saturated carbocycles. The van der Waals surface area contributed by atoms with Crippen LogP contribution < -0.4 is 5.32 Å². The van der Waals surface area contributed by atoms with Gasteiger partial charge in [-0.15, -0.1) is 0 Å². The van der Waals surface area contributed by atoms with Crippen LogP contribution >= 0.6 is 0 Å². The van der Waals surface area contributed by atoms with Crippen LogP contribution in [0.25, 0.3) is 22.6 Å². The van der Waals surface area contributed by atoms with Crippen LogP contribution in [0.1, 0.15) is 37.1 Å². The van der Waals surface area contributed by atoms with E-state index in [0.717, 1.165) is 65.7 Å². The van der Waals surface area contributed by atoms with Gasteiger partial charge >= 0.3 is 0 Å². The summed E-state index contributed by atoms with van der Waals surface area (Å²) < 4.78 is 5.40. The standard InChI is InChI=1S/C24H30N6O2/c1-13-8-18-19(10-17(13)27-23(31)14(2)30-4-6-32-7-5-30)26-22(25-18)21-16-9-15-11-24(15,3)12-20(16)28-29-21/h8,10,14-15H,4-7,9,11-12H2,1-3H3,(H,25,26)(H,27,31)(H,28,29)/t14?,15-,24-/m1/s1. The first-order chi connectivity index (χ1) is 15.4. The van der Waals surface area contributed by atoms with Gasteiger partial charge in [0.25, 0.3) is 0 Å². The van der Waals surface area contributed by atoms with Gasteiger partial charge in [-0.25, -0.2) is 4.98 Å². The van der Waals surface area contributed by atoms with E-state index >= 15 is 0 Å². The largest absolute Gasteiger partial charge is 0.379 e. The molecular formula is C24H30N6O2. The molecule has 1 saturated heterocycles. The quantitative estimate of drug-likeness (QED) is 0.586. The van der Waals surface area contributed by atoms with E-state index in [9.17, 15) is 4.79 Å². The van der Waals surface area contributed by atoms with Crippen LogP contribution in [0.2, 0.25) is 0 Å². The van der Waals surface area contributed by atoms with Crippen molar-refractivity contribution >= 4 is 22.6 Å². The maximum atomic E-state index is 12.9. The molecule has 0 bridgehead atoms. The first-order valence-electron chi connectivity index (χ1n) is 11.6. The van der Waals surface area contributed by atoms with Gasteiger partial charge in [-0.2, -0.15) is 5.10 Å². The van der Waals surface area contributed by atoms with Crippen LogP contribution in [0, 0.1) is 18.3 Å². The first-order valence-corrected chi connectivity index (χ1v) is 11.6. The number of imidazole rings is 1. The Morgan fingerprint density at radius 1 is 1.34 bits per heavy atom. The normalized spacial score (nSPS) is 25.9. The molecular weight excluding hydrogens is 404 g/mol. The number of aryl methyl sites for hydroxylation is 1. The molecule has 3 aliphatic rings. The minimum Gasteiger partial charge on any atom is -0.379 e. The summed E-state index contributed by atoms with van der Waals surface area (Å²) in [4.78, 5) is 23.3. The van der Waals surface area contributed by atoms with E-state index in [1.54, 1.807) is 0 Å². The van der Waals surface area contributed by atoms with Crippen LogP contribution in [-0.2, 0) is 22.4 Å². The Hall–Kier alpha value is -2.71. The van der Waals surface area contributed by atoms with Gasteiger partial charge in [0.15, 0.2) is 5.82 Å². The number of anilines is 1. The number of morpholine rings is 1. The third-order valence-electron chi connectivity index (χ3n) is 7.81. The molecule has 3 atom stereocenters. The molecule has 1 aromatic carbocycles. The fraction of sp³-hybridized carbons (Fsp3) is 0.542. The van der Waals surface area contributed by atoms with Crippen LogP contribution in [0.3, 0.4) is 0 Å². The van der Waals surface area contributed by atoms with Crippen molar-refractivity contribution in [1.29, 1.82) is 0 Å². The van der Waals surface area contributed by atoms with Crippen LogP contribution in [-0.4, -0.2) is 63.3 Å². The molecule has 0 radical (unpaired) electrons. The predicted octanol–water partition coefficient (Wildman–Crippen LogP) is 3.05. The fourth-order valence-corrected chi connectivity index (χ4v) is 5.43. The average Bonchev–Trinajstić information content (AvgIpc) is 3.06. The Bertz CT molecular complexity index is 1210. The number of carbonyl (C=O) groups excluding carboxylic acids is 1. The highest BCUT2D eigenvalue weighted by Crippen LogP contribution is 2.59. The molecule has 8 nitrogen and oxygen atoms in total. The van der Waals surface area contributed by atoms with Crippen molar-refractivity contribution in [3.63, 3.8) is 0 Å². The van der Waals surface area contributed by atoms with Crippen LogP contribution in [0.4, 0.5) is 5.69 Å². The monoisotopic (exact) mass is 434 g/mol. The number of carbonyl (C=O) groups is 1. The van der Waals surface area contributed by atoms with Gasteiger partial charge in [0.05, 0.1) is 30.3 Å². The molecule has 8 heteroatoms. The van der Waals surface area contributed by atoms with Gasteiger partial charge in [-0.1, -0.05) is 6.92 Å². The molecule has 0 spiro atoms. The number of hydrogen-bond acceptors (Lipinski definition) is 5. The third kappa shape index (κ3) is 3.24. The van der Waals surface area contributed by atoms with Crippen LogP contribution in [0.15, 0.2) is 12.1 Å². The molecule has 2 aliphatic carbocycles. The van der Waals surface area contributed by atoms with Crippen molar-refractivity contribution in [2.75, 3.05) is 31.6 Å². The van der Waals surface area contributed by atoms with Gasteiger partial charge in [-0.05, 0) is 62.1 Å². The number of aromatic amines is 2. The number of H-pyrrole nitrogens is 2. The number of benzene rings is 1. The number of fused-ring (bicyclic) bond motifs is 3. The number of rotatable bonds is 4. The van der Waals surface area contributed by atoms with Gasteiger partial charge in [0.2, 0.25) is 5.91 Å². The van der Waals surface area contributed by atoms with Crippen molar-refractivity contribution in [3.05, 3.63) is 29.0 Å². The second kappa shape index (κ2) is 7.15. The lowest BCUT2D eigenvalue weighted by Crippen LogP contribution is -2.47. The zero-order valence-corrected chi connectivity index (χ0v) is 18.9. The molecule has 6 rings (SSSR count). The van der Waals surface area contributed by atoms with Crippen LogP contribution in [0.5, 0.6) is 0 Å². The maximum absolute atomic E-state index is 12.9. The summed E-state index contributed by atoms with van der Waals surface area (Å²) in [7, 11) is 0. The predicted molar refractivity (Wildman–Crippen MR) is 123 cm³/mol. The highest BCUT2D eigenvalue weighted by atomic mass is 16.5. The smallest absolute Gasteiger partial charge is 0.241 e. The Morgan fingerprint density at radius 3 is 2.97 bits per heavy atom. The average molecular weight is 435 g/mol. The second-order valence-corrected chi connectivity index (χ2v) is 10.0. The number of ether oxygens (including phenoxy) is 1. The molecule has 3 aromatic rings. The minimum atomic E-state index is -0.201. The van der Waals surface area contributed by atoms with E-state index in [1.165, 1.54) is 17.7 Å². The minimum absolute atomic E-state index is 0.000961. The lowest BCUT2D eigenvalue weighted by Gasteiger charge is -2.31. The molecule has 32 heavy (non-hydrogen) atoms. The lowest BCUT2D eigenvalue weighted by atomic mass is 9.88. The van der Waals surface area contributed by atoms with Crippen molar-refractivity contribution in [3.8, 4) is 11.5 Å². The molecule has 1 aliphatic heterocycles. The summed E-state index contributed by atoms with van der Waals surface area (Å²) in [5, 5.41) is 11.0. The third-order valence-corrected chi connectivity index (χ3v) is 7.81. The summed E-state index contributed by atoms with van der Waals surface area (Å²) in [6.45, 7) is 9.25. The van der Waals surface area contributed by atoms with Gasteiger partial charge in [0, 0.05) is 30.0 Å². The highest BCUT2D eigenvalue weighted by molar-refractivity contribution is 5.97. The Morgan fingerprint density at radius 2 is 2.16 bits per heavy atom. The zero-order valence-electron chi connectivity index (χ0n) is 18.9. The second-order valence-electron chi connectivity index (χ2n) is 10.0. The van der Waals surface area contributed by atoms with E-state index in [0.29, 0.717) is 18.6 Å². The summed E-state index contributed by atoms with van der Waals surface area (Å²) >= 11 is 0. The lowest BCUT2D eigenvalue weighted by molar-refractivity contribution is -0.122. The molecule has 2 fully saturated rings. The summed E-state index contributed by atoms with van der Waals surface area (Å²) in [6.07, 6.45) is 3.46. The van der Waals surface area contributed by atoms with Crippen molar-refractivity contribution < 1.29 is 9.53 Å². The Kier molecular flexibility index (Phi) is 4.45. The summed E-state index contributed by atoms with van der Waals surface area (Å²) in [6, 6.07) is 3.82. The van der Waals surface area contributed by atoms with Gasteiger partial charge in [-0.3, -0.25) is 14.8 Å².